The third-order valence-electron chi connectivity index (χ3n) is 4.28. The largest absolute Gasteiger partial charge is 0.381 e. The molecule has 2 fully saturated rings. The van der Waals surface area contributed by atoms with E-state index in [1.54, 1.807) is 0 Å². The van der Waals surface area contributed by atoms with Gasteiger partial charge in [0.15, 0.2) is 0 Å². The summed E-state index contributed by atoms with van der Waals surface area (Å²) in [5, 5.41) is 3.64. The highest BCUT2D eigenvalue weighted by atomic mass is 16.5. The summed E-state index contributed by atoms with van der Waals surface area (Å²) < 4.78 is 5.43. The van der Waals surface area contributed by atoms with Gasteiger partial charge in [0.05, 0.1) is 0 Å². The van der Waals surface area contributed by atoms with Crippen molar-refractivity contribution in [1.29, 1.82) is 0 Å². The van der Waals surface area contributed by atoms with Gasteiger partial charge in [-0.15, -0.1) is 0 Å². The van der Waals surface area contributed by atoms with Crippen LogP contribution in [0.3, 0.4) is 0 Å². The van der Waals surface area contributed by atoms with Crippen LogP contribution in [0.15, 0.2) is 0 Å². The van der Waals surface area contributed by atoms with E-state index >= 15 is 0 Å². The summed E-state index contributed by atoms with van der Waals surface area (Å²) in [4.78, 5) is 2.60. The zero-order chi connectivity index (χ0) is 12.0. The molecular formula is C14H28N2O. The maximum atomic E-state index is 5.43. The van der Waals surface area contributed by atoms with Crippen molar-refractivity contribution >= 4 is 0 Å². The minimum atomic E-state index is 0.478. The van der Waals surface area contributed by atoms with Crippen molar-refractivity contribution in [1.82, 2.24) is 10.2 Å². The third kappa shape index (κ3) is 4.57. The van der Waals surface area contributed by atoms with E-state index in [-0.39, 0.29) is 0 Å². The van der Waals surface area contributed by atoms with Gasteiger partial charge in [0.2, 0.25) is 0 Å². The summed E-state index contributed by atoms with van der Waals surface area (Å²) in [5.41, 5.74) is 0.478. The molecule has 0 saturated carbocycles. The van der Waals surface area contributed by atoms with Crippen molar-refractivity contribution in [2.75, 3.05) is 45.9 Å². The molecule has 0 radical (unpaired) electrons. The van der Waals surface area contributed by atoms with E-state index in [4.69, 9.17) is 4.74 Å². The number of ether oxygens (including phenoxy) is 1. The molecule has 2 rings (SSSR count). The van der Waals surface area contributed by atoms with Gasteiger partial charge in [-0.05, 0) is 63.7 Å². The zero-order valence-electron chi connectivity index (χ0n) is 11.3. The fraction of sp³-hybridized carbons (Fsp3) is 1.00. The molecule has 2 heterocycles. The Morgan fingerprint density at radius 2 is 1.88 bits per heavy atom. The molecule has 0 atom stereocenters. The second kappa shape index (κ2) is 6.72. The van der Waals surface area contributed by atoms with Crippen LogP contribution in [0.4, 0.5) is 0 Å². The lowest BCUT2D eigenvalue weighted by molar-refractivity contribution is 0.0241. The van der Waals surface area contributed by atoms with Crippen molar-refractivity contribution in [3.63, 3.8) is 0 Å². The van der Waals surface area contributed by atoms with E-state index in [0.29, 0.717) is 5.41 Å². The molecule has 2 aliphatic rings. The smallest absolute Gasteiger partial charge is 0.0471 e. The Hall–Kier alpha value is -0.120. The Labute approximate surface area is 106 Å². The molecule has 0 aromatic carbocycles. The second-order valence-corrected chi connectivity index (χ2v) is 6.00. The first kappa shape index (κ1) is 13.3. The van der Waals surface area contributed by atoms with Crippen molar-refractivity contribution in [3.8, 4) is 0 Å². The summed E-state index contributed by atoms with van der Waals surface area (Å²) in [7, 11) is 0. The number of rotatable bonds is 6. The number of nitrogens with zero attached hydrogens (tertiary/aromatic N) is 1. The highest BCUT2D eigenvalue weighted by molar-refractivity contribution is 4.79. The van der Waals surface area contributed by atoms with Crippen LogP contribution in [0.1, 0.15) is 39.0 Å². The van der Waals surface area contributed by atoms with Gasteiger partial charge in [0.25, 0.3) is 0 Å². The van der Waals surface area contributed by atoms with Crippen molar-refractivity contribution < 1.29 is 4.74 Å². The molecule has 100 valence electrons. The predicted octanol–water partition coefficient (Wildman–Crippen LogP) is 1.88. The quantitative estimate of drug-likeness (QED) is 0.717. The van der Waals surface area contributed by atoms with Crippen LogP contribution in [0, 0.1) is 5.41 Å². The van der Waals surface area contributed by atoms with E-state index in [1.165, 1.54) is 58.3 Å². The summed E-state index contributed by atoms with van der Waals surface area (Å²) in [6, 6.07) is 0. The molecule has 1 N–H and O–H groups in total. The monoisotopic (exact) mass is 240 g/mol. The molecule has 17 heavy (non-hydrogen) atoms. The van der Waals surface area contributed by atoms with Gasteiger partial charge in [-0.25, -0.2) is 0 Å². The first-order chi connectivity index (χ1) is 8.29. The van der Waals surface area contributed by atoms with Crippen LogP contribution in [0.2, 0.25) is 0 Å². The van der Waals surface area contributed by atoms with E-state index in [1.807, 2.05) is 0 Å². The normalized spacial score (nSPS) is 25.2. The van der Waals surface area contributed by atoms with Gasteiger partial charge >= 0.3 is 0 Å². The minimum absolute atomic E-state index is 0.478. The van der Waals surface area contributed by atoms with Crippen molar-refractivity contribution in [2.45, 2.75) is 39.0 Å². The van der Waals surface area contributed by atoms with Gasteiger partial charge in [-0.3, -0.25) is 0 Å². The van der Waals surface area contributed by atoms with Crippen LogP contribution in [0.25, 0.3) is 0 Å². The van der Waals surface area contributed by atoms with Crippen LogP contribution < -0.4 is 5.32 Å². The van der Waals surface area contributed by atoms with E-state index < -0.39 is 0 Å². The Morgan fingerprint density at radius 3 is 2.59 bits per heavy atom. The van der Waals surface area contributed by atoms with Crippen LogP contribution in [-0.4, -0.2) is 50.8 Å². The van der Waals surface area contributed by atoms with E-state index in [2.05, 4.69) is 17.1 Å². The van der Waals surface area contributed by atoms with Crippen molar-refractivity contribution in [3.05, 3.63) is 0 Å². The highest BCUT2D eigenvalue weighted by Gasteiger charge is 2.26. The molecule has 0 amide bonds. The molecule has 3 heteroatoms. The van der Waals surface area contributed by atoms with Crippen LogP contribution >= 0.6 is 0 Å². The van der Waals surface area contributed by atoms with Gasteiger partial charge < -0.3 is 15.0 Å². The average Bonchev–Trinajstić information content (AvgIpc) is 2.82. The molecule has 0 bridgehead atoms. The molecule has 3 nitrogen and oxygen atoms in total. The molecule has 0 aromatic heterocycles. The van der Waals surface area contributed by atoms with Crippen LogP contribution in [0.5, 0.6) is 0 Å². The fourth-order valence-electron chi connectivity index (χ4n) is 2.87. The Morgan fingerprint density at radius 1 is 1.18 bits per heavy atom. The van der Waals surface area contributed by atoms with Crippen molar-refractivity contribution in [2.24, 2.45) is 5.41 Å². The van der Waals surface area contributed by atoms with E-state index in [9.17, 15) is 0 Å². The van der Waals surface area contributed by atoms with E-state index in [0.717, 1.165) is 19.8 Å². The average molecular weight is 240 g/mol. The lowest BCUT2D eigenvalue weighted by atomic mass is 9.82. The Kier molecular flexibility index (Phi) is 5.26. The van der Waals surface area contributed by atoms with Gasteiger partial charge in [-0.1, -0.05) is 6.92 Å². The lowest BCUT2D eigenvalue weighted by Gasteiger charge is -2.33. The highest BCUT2D eigenvalue weighted by Crippen LogP contribution is 2.28. The summed E-state index contributed by atoms with van der Waals surface area (Å²) >= 11 is 0. The SMILES string of the molecule is CC1(CNCCCN2CCCC2)CCOCC1. The summed E-state index contributed by atoms with van der Waals surface area (Å²) in [6.45, 7) is 10.6. The molecule has 2 saturated heterocycles. The third-order valence-corrected chi connectivity index (χ3v) is 4.28. The Balaban J connectivity index is 1.50. The molecular weight excluding hydrogens is 212 g/mol. The topological polar surface area (TPSA) is 24.5 Å². The summed E-state index contributed by atoms with van der Waals surface area (Å²) in [6.07, 6.45) is 6.54. The zero-order valence-corrected chi connectivity index (χ0v) is 11.3. The number of hydrogen-bond acceptors (Lipinski definition) is 3. The minimum Gasteiger partial charge on any atom is -0.381 e. The molecule has 0 unspecified atom stereocenters. The first-order valence-corrected chi connectivity index (χ1v) is 7.29. The summed E-state index contributed by atoms with van der Waals surface area (Å²) in [5.74, 6) is 0. The number of nitrogens with one attached hydrogen (secondary N) is 1. The fourth-order valence-corrected chi connectivity index (χ4v) is 2.87. The maximum Gasteiger partial charge on any atom is 0.0471 e. The predicted molar refractivity (Wildman–Crippen MR) is 71.3 cm³/mol. The van der Waals surface area contributed by atoms with Gasteiger partial charge in [-0.2, -0.15) is 0 Å². The first-order valence-electron chi connectivity index (χ1n) is 7.29. The molecule has 2 aliphatic heterocycles. The molecule has 0 spiro atoms. The molecule has 0 aromatic rings. The maximum absolute atomic E-state index is 5.43. The number of likely N-dealkylation sites (tertiary alicyclic amines) is 1. The van der Waals surface area contributed by atoms with Crippen LogP contribution in [-0.2, 0) is 4.74 Å². The lowest BCUT2D eigenvalue weighted by Crippen LogP contribution is -2.37. The number of hydrogen-bond donors (Lipinski definition) is 1. The standard InChI is InChI=1S/C14H28N2O/c1-14(5-11-17-12-6-14)13-15-7-4-10-16-8-2-3-9-16/h15H,2-13H2,1H3. The molecule has 0 aliphatic carbocycles. The second-order valence-electron chi connectivity index (χ2n) is 6.00. The van der Waals surface area contributed by atoms with Gasteiger partial charge in [0.1, 0.15) is 0 Å². The Bertz CT molecular complexity index is 208. The van der Waals surface area contributed by atoms with Gasteiger partial charge in [0, 0.05) is 19.8 Å².